The van der Waals surface area contributed by atoms with Gasteiger partial charge < -0.3 is 5.11 Å². The summed E-state index contributed by atoms with van der Waals surface area (Å²) in [6.45, 7) is 2.04. The van der Waals surface area contributed by atoms with E-state index in [0.717, 1.165) is 38.5 Å². The number of aliphatic hydroxyl groups excluding tert-OH is 1. The molecule has 0 unspecified atom stereocenters. The lowest BCUT2D eigenvalue weighted by Gasteiger charge is -2.23. The van der Waals surface area contributed by atoms with Gasteiger partial charge in [0.1, 0.15) is 5.78 Å². The summed E-state index contributed by atoms with van der Waals surface area (Å²) in [5, 5.41) is 9.23. The Hall–Kier alpha value is -0.370. The Balaban J connectivity index is 2.29. The van der Waals surface area contributed by atoms with Crippen LogP contribution in [-0.4, -0.2) is 17.0 Å². The monoisotopic (exact) mass is 170 g/mol. The smallest absolute Gasteiger partial charge is 0.135 e. The van der Waals surface area contributed by atoms with Crippen molar-refractivity contribution < 1.29 is 9.90 Å². The third-order valence-corrected chi connectivity index (χ3v) is 2.65. The van der Waals surface area contributed by atoms with Gasteiger partial charge in [0.05, 0.1) is 6.10 Å². The number of rotatable bonds is 3. The molecule has 0 saturated heterocycles. The number of Topliss-reactive ketones (excluding diaryl/α,β-unsaturated/α-hetero) is 1. The summed E-state index contributed by atoms with van der Waals surface area (Å²) in [4.78, 5) is 11.4. The molecule has 0 aromatic carbocycles. The molecule has 0 radical (unpaired) electrons. The van der Waals surface area contributed by atoms with E-state index in [1.807, 2.05) is 6.92 Å². The van der Waals surface area contributed by atoms with Gasteiger partial charge >= 0.3 is 0 Å². The molecule has 0 bridgehead atoms. The normalized spacial score (nSPS) is 30.2. The van der Waals surface area contributed by atoms with Crippen molar-refractivity contribution in [1.82, 2.24) is 0 Å². The first-order chi connectivity index (χ1) is 5.74. The van der Waals surface area contributed by atoms with Gasteiger partial charge in [-0.3, -0.25) is 4.79 Å². The van der Waals surface area contributed by atoms with Gasteiger partial charge in [0, 0.05) is 12.3 Å². The fourth-order valence-electron chi connectivity index (χ4n) is 1.85. The van der Waals surface area contributed by atoms with Gasteiger partial charge in [-0.2, -0.15) is 0 Å². The van der Waals surface area contributed by atoms with Gasteiger partial charge in [0.2, 0.25) is 0 Å². The van der Waals surface area contributed by atoms with E-state index in [0.29, 0.717) is 5.78 Å². The Labute approximate surface area is 74.0 Å². The van der Waals surface area contributed by atoms with Crippen LogP contribution in [-0.2, 0) is 4.79 Å². The second kappa shape index (κ2) is 4.61. The molecule has 1 rings (SSSR count). The number of ketones is 1. The number of carbonyl (C=O) groups is 1. The van der Waals surface area contributed by atoms with E-state index >= 15 is 0 Å². The van der Waals surface area contributed by atoms with Crippen LogP contribution < -0.4 is 0 Å². The Morgan fingerprint density at radius 2 is 1.92 bits per heavy atom. The van der Waals surface area contributed by atoms with E-state index in [9.17, 15) is 9.90 Å². The van der Waals surface area contributed by atoms with Gasteiger partial charge in [-0.05, 0) is 32.1 Å². The summed E-state index contributed by atoms with van der Waals surface area (Å²) in [5.41, 5.74) is 0. The molecule has 0 aromatic heterocycles. The Morgan fingerprint density at radius 3 is 2.42 bits per heavy atom. The lowest BCUT2D eigenvalue weighted by atomic mass is 9.83. The van der Waals surface area contributed by atoms with Crippen LogP contribution in [0.3, 0.4) is 0 Å². The van der Waals surface area contributed by atoms with Crippen LogP contribution in [0.1, 0.15) is 45.4 Å². The fourth-order valence-corrected chi connectivity index (χ4v) is 1.85. The van der Waals surface area contributed by atoms with Crippen molar-refractivity contribution in [3.63, 3.8) is 0 Å². The summed E-state index contributed by atoms with van der Waals surface area (Å²) in [6.07, 6.45) is 4.98. The highest BCUT2D eigenvalue weighted by Crippen LogP contribution is 2.25. The number of hydrogen-bond donors (Lipinski definition) is 1. The molecule has 1 fully saturated rings. The quantitative estimate of drug-likeness (QED) is 0.702. The first kappa shape index (κ1) is 9.72. The van der Waals surface area contributed by atoms with Crippen LogP contribution in [0.25, 0.3) is 0 Å². The molecular formula is C10H18O2. The van der Waals surface area contributed by atoms with Crippen LogP contribution in [0.4, 0.5) is 0 Å². The maximum absolute atomic E-state index is 11.4. The van der Waals surface area contributed by atoms with E-state index in [1.54, 1.807) is 0 Å². The van der Waals surface area contributed by atoms with Crippen molar-refractivity contribution in [1.29, 1.82) is 0 Å². The minimum Gasteiger partial charge on any atom is -0.393 e. The molecule has 0 spiro atoms. The van der Waals surface area contributed by atoms with Crippen molar-refractivity contribution in [3.05, 3.63) is 0 Å². The van der Waals surface area contributed by atoms with Crippen molar-refractivity contribution in [3.8, 4) is 0 Å². The molecule has 70 valence electrons. The van der Waals surface area contributed by atoms with Crippen LogP contribution in [0, 0.1) is 5.92 Å². The van der Waals surface area contributed by atoms with Gasteiger partial charge in [0.15, 0.2) is 0 Å². The first-order valence-electron chi connectivity index (χ1n) is 4.94. The Bertz CT molecular complexity index is 146. The van der Waals surface area contributed by atoms with Gasteiger partial charge in [-0.25, -0.2) is 0 Å². The van der Waals surface area contributed by atoms with Crippen LogP contribution in [0.15, 0.2) is 0 Å². The maximum Gasteiger partial charge on any atom is 0.135 e. The van der Waals surface area contributed by atoms with E-state index in [1.165, 1.54) is 0 Å². The molecule has 1 saturated carbocycles. The van der Waals surface area contributed by atoms with Crippen molar-refractivity contribution >= 4 is 5.78 Å². The highest BCUT2D eigenvalue weighted by molar-refractivity contribution is 5.80. The Kier molecular flexibility index (Phi) is 3.73. The molecular weight excluding hydrogens is 152 g/mol. The molecule has 2 nitrogen and oxygen atoms in total. The molecule has 2 heteroatoms. The molecule has 1 aliphatic rings. The van der Waals surface area contributed by atoms with Crippen molar-refractivity contribution in [2.75, 3.05) is 0 Å². The van der Waals surface area contributed by atoms with Crippen molar-refractivity contribution in [2.45, 2.75) is 51.6 Å². The molecule has 1 aliphatic carbocycles. The van der Waals surface area contributed by atoms with E-state index in [2.05, 4.69) is 0 Å². The number of carbonyl (C=O) groups excluding carboxylic acids is 1. The zero-order chi connectivity index (χ0) is 8.97. The minimum atomic E-state index is -0.143. The molecule has 0 aliphatic heterocycles. The number of hydrogen-bond acceptors (Lipinski definition) is 2. The molecule has 1 N–H and O–H groups in total. The van der Waals surface area contributed by atoms with Gasteiger partial charge in [0.25, 0.3) is 0 Å². The van der Waals surface area contributed by atoms with Crippen molar-refractivity contribution in [2.24, 2.45) is 5.92 Å². The van der Waals surface area contributed by atoms with Crippen LogP contribution >= 0.6 is 0 Å². The summed E-state index contributed by atoms with van der Waals surface area (Å²) in [7, 11) is 0. The van der Waals surface area contributed by atoms with Gasteiger partial charge in [-0.15, -0.1) is 0 Å². The average Bonchev–Trinajstić information content (AvgIpc) is 2.06. The van der Waals surface area contributed by atoms with E-state index in [4.69, 9.17) is 0 Å². The van der Waals surface area contributed by atoms with Gasteiger partial charge in [-0.1, -0.05) is 6.92 Å². The first-order valence-corrected chi connectivity index (χ1v) is 4.94. The highest BCUT2D eigenvalue weighted by atomic mass is 16.3. The topological polar surface area (TPSA) is 37.3 Å². The summed E-state index contributed by atoms with van der Waals surface area (Å²) in [6, 6.07) is 0. The average molecular weight is 170 g/mol. The molecule has 0 amide bonds. The third kappa shape index (κ3) is 2.59. The molecule has 12 heavy (non-hydrogen) atoms. The van der Waals surface area contributed by atoms with Crippen LogP contribution in [0.2, 0.25) is 0 Å². The third-order valence-electron chi connectivity index (χ3n) is 2.65. The van der Waals surface area contributed by atoms with E-state index in [-0.39, 0.29) is 12.0 Å². The second-order valence-corrected chi connectivity index (χ2v) is 3.72. The van der Waals surface area contributed by atoms with E-state index < -0.39 is 0 Å². The second-order valence-electron chi connectivity index (χ2n) is 3.72. The largest absolute Gasteiger partial charge is 0.393 e. The standard InChI is InChI=1S/C10H18O2/c1-2-3-10(12)8-4-6-9(11)7-5-8/h8-9,11H,2-7H2,1H3. The lowest BCUT2D eigenvalue weighted by molar-refractivity contribution is -0.124. The zero-order valence-electron chi connectivity index (χ0n) is 7.75. The summed E-state index contributed by atoms with van der Waals surface area (Å²) >= 11 is 0. The lowest BCUT2D eigenvalue weighted by Crippen LogP contribution is -2.23. The highest BCUT2D eigenvalue weighted by Gasteiger charge is 2.23. The Morgan fingerprint density at radius 1 is 1.33 bits per heavy atom. The predicted octanol–water partition coefficient (Wildman–Crippen LogP) is 1.91. The maximum atomic E-state index is 11.4. The molecule has 0 aromatic rings. The fraction of sp³-hybridized carbons (Fsp3) is 0.900. The molecule has 0 heterocycles. The van der Waals surface area contributed by atoms with Crippen LogP contribution in [0.5, 0.6) is 0 Å². The predicted molar refractivity (Wildman–Crippen MR) is 47.9 cm³/mol. The summed E-state index contributed by atoms with van der Waals surface area (Å²) < 4.78 is 0. The number of aliphatic hydroxyl groups is 1. The SMILES string of the molecule is CCCC(=O)C1CCC(O)CC1. The molecule has 0 atom stereocenters. The minimum absolute atomic E-state index is 0.143. The zero-order valence-corrected chi connectivity index (χ0v) is 7.75. The summed E-state index contributed by atoms with van der Waals surface area (Å²) in [5.74, 6) is 0.665.